The van der Waals surface area contributed by atoms with Crippen molar-refractivity contribution in [2.45, 2.75) is 25.7 Å². The van der Waals surface area contributed by atoms with Gasteiger partial charge in [-0.3, -0.25) is 0 Å². The zero-order valence-corrected chi connectivity index (χ0v) is 9.57. The topological polar surface area (TPSA) is 0 Å². The summed E-state index contributed by atoms with van der Waals surface area (Å²) in [5, 5.41) is 1.23. The fraction of sp³-hybridized carbons (Fsp3) is 0.333. The van der Waals surface area contributed by atoms with E-state index in [0.717, 1.165) is 12.0 Å². The van der Waals surface area contributed by atoms with E-state index in [-0.39, 0.29) is 0 Å². The standard InChI is InChI=1S/C12H12Cl2/c1-3-6-9(4-2)10-7-5-8-11(13)12(10)14/h1,5,7-9H,4,6H2,2H3. The minimum absolute atomic E-state index is 0.311. The molecule has 0 aliphatic heterocycles. The zero-order chi connectivity index (χ0) is 10.6. The molecule has 0 spiro atoms. The van der Waals surface area contributed by atoms with Gasteiger partial charge in [-0.15, -0.1) is 12.3 Å². The molecule has 0 N–H and O–H groups in total. The van der Waals surface area contributed by atoms with Gasteiger partial charge in [0.15, 0.2) is 0 Å². The molecule has 0 saturated heterocycles. The highest BCUT2D eigenvalue weighted by Gasteiger charge is 2.13. The predicted molar refractivity (Wildman–Crippen MR) is 62.9 cm³/mol. The van der Waals surface area contributed by atoms with Crippen molar-refractivity contribution in [2.75, 3.05) is 0 Å². The molecule has 2 heteroatoms. The molecule has 1 aromatic carbocycles. The Balaban J connectivity index is 3.05. The maximum atomic E-state index is 6.10. The number of hydrogen-bond acceptors (Lipinski definition) is 0. The van der Waals surface area contributed by atoms with E-state index in [0.29, 0.717) is 22.4 Å². The Labute approximate surface area is 95.2 Å². The maximum Gasteiger partial charge on any atom is 0.0627 e. The lowest BCUT2D eigenvalue weighted by molar-refractivity contribution is 0.685. The van der Waals surface area contributed by atoms with Gasteiger partial charge in [-0.1, -0.05) is 42.3 Å². The zero-order valence-electron chi connectivity index (χ0n) is 8.06. The quantitative estimate of drug-likeness (QED) is 0.666. The van der Waals surface area contributed by atoms with Gasteiger partial charge in [0.2, 0.25) is 0 Å². The second-order valence-electron chi connectivity index (χ2n) is 3.16. The molecule has 0 bridgehead atoms. The highest BCUT2D eigenvalue weighted by molar-refractivity contribution is 6.42. The van der Waals surface area contributed by atoms with Crippen LogP contribution in [0.5, 0.6) is 0 Å². The summed E-state index contributed by atoms with van der Waals surface area (Å²) in [6.07, 6.45) is 6.99. The van der Waals surface area contributed by atoms with Gasteiger partial charge in [0.05, 0.1) is 10.0 Å². The summed E-state index contributed by atoms with van der Waals surface area (Å²) in [4.78, 5) is 0. The van der Waals surface area contributed by atoms with Crippen LogP contribution in [0.4, 0.5) is 0 Å². The monoisotopic (exact) mass is 226 g/mol. The highest BCUT2D eigenvalue weighted by Crippen LogP contribution is 2.33. The van der Waals surface area contributed by atoms with Crippen LogP contribution in [0, 0.1) is 12.3 Å². The second kappa shape index (κ2) is 5.29. The minimum atomic E-state index is 0.311. The average molecular weight is 227 g/mol. The number of hydrogen-bond donors (Lipinski definition) is 0. The Morgan fingerprint density at radius 1 is 1.43 bits per heavy atom. The molecular formula is C12H12Cl2. The third kappa shape index (κ3) is 2.44. The van der Waals surface area contributed by atoms with Crippen molar-refractivity contribution in [1.29, 1.82) is 0 Å². The van der Waals surface area contributed by atoms with Crippen LogP contribution >= 0.6 is 23.2 Å². The third-order valence-corrected chi connectivity index (χ3v) is 3.11. The van der Waals surface area contributed by atoms with Crippen LogP contribution in [0.15, 0.2) is 18.2 Å². The fourth-order valence-electron chi connectivity index (χ4n) is 1.45. The van der Waals surface area contributed by atoms with Crippen LogP contribution in [-0.4, -0.2) is 0 Å². The van der Waals surface area contributed by atoms with Crippen molar-refractivity contribution in [3.63, 3.8) is 0 Å². The highest BCUT2D eigenvalue weighted by atomic mass is 35.5. The first-order valence-corrected chi connectivity index (χ1v) is 5.33. The molecule has 1 atom stereocenters. The molecule has 0 radical (unpaired) electrons. The molecule has 1 aromatic rings. The van der Waals surface area contributed by atoms with Crippen molar-refractivity contribution in [2.24, 2.45) is 0 Å². The molecule has 0 heterocycles. The maximum absolute atomic E-state index is 6.10. The van der Waals surface area contributed by atoms with Gasteiger partial charge in [-0.25, -0.2) is 0 Å². The Hall–Kier alpha value is -0.640. The van der Waals surface area contributed by atoms with E-state index in [1.54, 1.807) is 6.07 Å². The van der Waals surface area contributed by atoms with E-state index in [4.69, 9.17) is 29.6 Å². The van der Waals surface area contributed by atoms with Crippen LogP contribution in [0.2, 0.25) is 10.0 Å². The fourth-order valence-corrected chi connectivity index (χ4v) is 1.91. The Morgan fingerprint density at radius 3 is 2.71 bits per heavy atom. The Kier molecular flexibility index (Phi) is 4.32. The first-order valence-electron chi connectivity index (χ1n) is 4.58. The molecule has 14 heavy (non-hydrogen) atoms. The number of terminal acetylenes is 1. The summed E-state index contributed by atoms with van der Waals surface area (Å²) in [6.45, 7) is 2.10. The molecule has 0 aliphatic carbocycles. The average Bonchev–Trinajstić information content (AvgIpc) is 2.19. The van der Waals surface area contributed by atoms with Crippen molar-refractivity contribution in [3.8, 4) is 12.3 Å². The van der Waals surface area contributed by atoms with E-state index >= 15 is 0 Å². The van der Waals surface area contributed by atoms with Crippen molar-refractivity contribution in [1.82, 2.24) is 0 Å². The molecule has 0 saturated carbocycles. The molecule has 0 aliphatic rings. The predicted octanol–water partition coefficient (Wildman–Crippen LogP) is 4.51. The van der Waals surface area contributed by atoms with E-state index < -0.39 is 0 Å². The molecule has 0 amide bonds. The first kappa shape index (κ1) is 11.4. The largest absolute Gasteiger partial charge is 0.120 e. The van der Waals surface area contributed by atoms with Crippen molar-refractivity contribution >= 4 is 23.2 Å². The van der Waals surface area contributed by atoms with Crippen LogP contribution in [0.25, 0.3) is 0 Å². The Bertz CT molecular complexity index is 350. The lowest BCUT2D eigenvalue weighted by Crippen LogP contribution is -1.97. The van der Waals surface area contributed by atoms with E-state index in [9.17, 15) is 0 Å². The van der Waals surface area contributed by atoms with E-state index in [2.05, 4.69) is 12.8 Å². The van der Waals surface area contributed by atoms with E-state index in [1.807, 2.05) is 12.1 Å². The molecule has 74 valence electrons. The smallest absolute Gasteiger partial charge is 0.0627 e. The molecule has 0 nitrogen and oxygen atoms in total. The van der Waals surface area contributed by atoms with Crippen molar-refractivity contribution < 1.29 is 0 Å². The first-order chi connectivity index (χ1) is 6.70. The lowest BCUT2D eigenvalue weighted by Gasteiger charge is -2.14. The summed E-state index contributed by atoms with van der Waals surface area (Å²) in [5.74, 6) is 2.97. The summed E-state index contributed by atoms with van der Waals surface area (Å²) in [6, 6.07) is 5.68. The molecule has 1 unspecified atom stereocenters. The number of benzene rings is 1. The molecule has 1 rings (SSSR count). The lowest BCUT2D eigenvalue weighted by atomic mass is 9.93. The third-order valence-electron chi connectivity index (χ3n) is 2.28. The van der Waals surface area contributed by atoms with Crippen LogP contribution in [0.3, 0.4) is 0 Å². The SMILES string of the molecule is C#CCC(CC)c1cccc(Cl)c1Cl. The molecule has 0 aromatic heterocycles. The van der Waals surface area contributed by atoms with Crippen LogP contribution in [-0.2, 0) is 0 Å². The second-order valence-corrected chi connectivity index (χ2v) is 3.94. The number of rotatable bonds is 3. The summed E-state index contributed by atoms with van der Waals surface area (Å²) >= 11 is 12.0. The van der Waals surface area contributed by atoms with Gasteiger partial charge < -0.3 is 0 Å². The normalized spacial score (nSPS) is 12.1. The van der Waals surface area contributed by atoms with Crippen LogP contribution < -0.4 is 0 Å². The summed E-state index contributed by atoms with van der Waals surface area (Å²) in [7, 11) is 0. The van der Waals surface area contributed by atoms with Gasteiger partial charge in [-0.05, 0) is 24.0 Å². The van der Waals surface area contributed by atoms with E-state index in [1.165, 1.54) is 0 Å². The van der Waals surface area contributed by atoms with Gasteiger partial charge in [-0.2, -0.15) is 0 Å². The van der Waals surface area contributed by atoms with Gasteiger partial charge in [0, 0.05) is 6.42 Å². The summed E-state index contributed by atoms with van der Waals surface area (Å²) < 4.78 is 0. The van der Waals surface area contributed by atoms with Crippen LogP contribution in [0.1, 0.15) is 31.2 Å². The van der Waals surface area contributed by atoms with Gasteiger partial charge in [0.1, 0.15) is 0 Å². The van der Waals surface area contributed by atoms with Gasteiger partial charge in [0.25, 0.3) is 0 Å². The summed E-state index contributed by atoms with van der Waals surface area (Å²) in [5.41, 5.74) is 1.06. The number of halogens is 2. The minimum Gasteiger partial charge on any atom is -0.120 e. The Morgan fingerprint density at radius 2 is 2.14 bits per heavy atom. The van der Waals surface area contributed by atoms with Crippen molar-refractivity contribution in [3.05, 3.63) is 33.8 Å². The molecule has 0 fully saturated rings. The molecular weight excluding hydrogens is 215 g/mol. The van der Waals surface area contributed by atoms with Gasteiger partial charge >= 0.3 is 0 Å².